The number of alkyl halides is 3. The molecular formula is C25H17ClF3NO2S. The molecule has 3 aromatic carbocycles. The molecule has 0 amide bonds. The van der Waals surface area contributed by atoms with Crippen LogP contribution < -0.4 is 10.5 Å². The summed E-state index contributed by atoms with van der Waals surface area (Å²) in [6.07, 6.45) is -4.36. The second-order valence-corrected chi connectivity index (χ2v) is 8.78. The number of benzene rings is 3. The number of hydrogen-bond donors (Lipinski definition) is 1. The third-order valence-electron chi connectivity index (χ3n) is 4.93. The van der Waals surface area contributed by atoms with Crippen LogP contribution in [0.25, 0.3) is 11.1 Å². The van der Waals surface area contributed by atoms with E-state index in [2.05, 4.69) is 4.74 Å². The summed E-state index contributed by atoms with van der Waals surface area (Å²) in [5, 5.41) is 0.896. The van der Waals surface area contributed by atoms with Crippen molar-refractivity contribution in [3.05, 3.63) is 105 Å². The summed E-state index contributed by atoms with van der Waals surface area (Å²) >= 11 is 7.25. The predicted octanol–water partition coefficient (Wildman–Crippen LogP) is 7.37. The van der Waals surface area contributed by atoms with Crippen molar-refractivity contribution in [3.8, 4) is 16.9 Å². The Balaban J connectivity index is 1.74. The number of carbonyl (C=O) groups excluding carboxylic acids is 1. The molecule has 0 aliphatic carbocycles. The second kappa shape index (κ2) is 9.29. The molecule has 0 saturated carbocycles. The average Bonchev–Trinajstić information content (AvgIpc) is 3.10. The summed E-state index contributed by atoms with van der Waals surface area (Å²) < 4.78 is 41.3. The van der Waals surface area contributed by atoms with Crippen molar-refractivity contribution in [2.45, 2.75) is 12.8 Å². The highest BCUT2D eigenvalue weighted by atomic mass is 35.5. The van der Waals surface area contributed by atoms with Crippen LogP contribution in [-0.4, -0.2) is 12.1 Å². The first-order valence-electron chi connectivity index (χ1n) is 9.83. The fraction of sp³-hybridized carbons (Fsp3) is 0.0800. The highest BCUT2D eigenvalue weighted by molar-refractivity contribution is 7.17. The number of ether oxygens (including phenoxy) is 1. The molecular weight excluding hydrogens is 471 g/mol. The standard InChI is InChI=1S/C25H17ClF3NO2S/c26-18-10-8-17(9-11-18)23(31)22-21(16-4-2-1-3-5-16)20(33-24(22)30)14-15-6-12-19(13-7-15)32-25(27,28)29/h1-13H,14,30H2. The number of nitrogens with two attached hydrogens (primary N) is 1. The van der Waals surface area contributed by atoms with Crippen molar-refractivity contribution in [1.82, 2.24) is 0 Å². The van der Waals surface area contributed by atoms with Crippen LogP contribution >= 0.6 is 22.9 Å². The lowest BCUT2D eigenvalue weighted by Crippen LogP contribution is -2.17. The van der Waals surface area contributed by atoms with E-state index in [1.807, 2.05) is 30.3 Å². The number of halogens is 4. The third-order valence-corrected chi connectivity index (χ3v) is 6.20. The minimum absolute atomic E-state index is 0.223. The summed E-state index contributed by atoms with van der Waals surface area (Å²) in [5.41, 5.74) is 9.49. The lowest BCUT2D eigenvalue weighted by molar-refractivity contribution is -0.274. The molecule has 0 aliphatic rings. The molecule has 4 rings (SSSR count). The Bertz CT molecular complexity index is 1270. The van der Waals surface area contributed by atoms with Crippen LogP contribution in [0.3, 0.4) is 0 Å². The van der Waals surface area contributed by atoms with E-state index < -0.39 is 6.36 Å². The van der Waals surface area contributed by atoms with Gasteiger partial charge in [-0.3, -0.25) is 4.79 Å². The number of rotatable bonds is 6. The number of thiophene rings is 1. The first kappa shape index (κ1) is 22.9. The van der Waals surface area contributed by atoms with Crippen LogP contribution in [-0.2, 0) is 6.42 Å². The highest BCUT2D eigenvalue weighted by Crippen LogP contribution is 2.41. The molecule has 8 heteroatoms. The van der Waals surface area contributed by atoms with E-state index in [4.69, 9.17) is 17.3 Å². The zero-order chi connectivity index (χ0) is 23.6. The summed E-state index contributed by atoms with van der Waals surface area (Å²) in [7, 11) is 0. The van der Waals surface area contributed by atoms with E-state index in [0.29, 0.717) is 33.1 Å². The molecule has 0 radical (unpaired) electrons. The molecule has 168 valence electrons. The molecule has 1 aromatic heterocycles. The Kier molecular flexibility index (Phi) is 6.44. The Labute approximate surface area is 197 Å². The molecule has 0 aliphatic heterocycles. The van der Waals surface area contributed by atoms with Crippen LogP contribution in [0.5, 0.6) is 5.75 Å². The summed E-state index contributed by atoms with van der Waals surface area (Å²) in [6.45, 7) is 0. The lowest BCUT2D eigenvalue weighted by atomic mass is 9.93. The van der Waals surface area contributed by atoms with Crippen LogP contribution in [0.15, 0.2) is 78.9 Å². The zero-order valence-electron chi connectivity index (χ0n) is 17.0. The average molecular weight is 488 g/mol. The van der Waals surface area contributed by atoms with Gasteiger partial charge in [-0.2, -0.15) is 0 Å². The maximum atomic E-state index is 13.4. The topological polar surface area (TPSA) is 52.3 Å². The fourth-order valence-electron chi connectivity index (χ4n) is 3.50. The van der Waals surface area contributed by atoms with E-state index >= 15 is 0 Å². The molecule has 0 spiro atoms. The van der Waals surface area contributed by atoms with Crippen molar-refractivity contribution >= 4 is 33.7 Å². The molecule has 0 bridgehead atoms. The van der Waals surface area contributed by atoms with Gasteiger partial charge in [-0.05, 0) is 47.5 Å². The first-order valence-corrected chi connectivity index (χ1v) is 11.0. The molecule has 0 fully saturated rings. The molecule has 33 heavy (non-hydrogen) atoms. The van der Waals surface area contributed by atoms with Crippen LogP contribution in [0.1, 0.15) is 26.4 Å². The largest absolute Gasteiger partial charge is 0.573 e. The van der Waals surface area contributed by atoms with E-state index in [9.17, 15) is 18.0 Å². The minimum Gasteiger partial charge on any atom is -0.406 e. The number of carbonyl (C=O) groups is 1. The van der Waals surface area contributed by atoms with E-state index in [1.54, 1.807) is 36.4 Å². The van der Waals surface area contributed by atoms with Crippen molar-refractivity contribution in [3.63, 3.8) is 0 Å². The monoisotopic (exact) mass is 487 g/mol. The van der Waals surface area contributed by atoms with Crippen molar-refractivity contribution in [1.29, 1.82) is 0 Å². The number of ketones is 1. The maximum Gasteiger partial charge on any atom is 0.573 e. The van der Waals surface area contributed by atoms with Crippen molar-refractivity contribution < 1.29 is 22.7 Å². The molecule has 0 unspecified atom stereocenters. The number of anilines is 1. The van der Waals surface area contributed by atoms with Crippen LogP contribution in [0.4, 0.5) is 18.2 Å². The molecule has 2 N–H and O–H groups in total. The third kappa shape index (κ3) is 5.38. The summed E-state index contributed by atoms with van der Waals surface area (Å²) in [4.78, 5) is 14.2. The first-order chi connectivity index (χ1) is 15.7. The molecule has 0 atom stereocenters. The Morgan fingerprint density at radius 1 is 0.939 bits per heavy atom. The summed E-state index contributed by atoms with van der Waals surface area (Å²) in [5.74, 6) is -0.515. The maximum absolute atomic E-state index is 13.4. The number of hydrogen-bond acceptors (Lipinski definition) is 4. The van der Waals surface area contributed by atoms with Crippen LogP contribution in [0, 0.1) is 0 Å². The van der Waals surface area contributed by atoms with Crippen LogP contribution in [0.2, 0.25) is 5.02 Å². The summed E-state index contributed by atoms with van der Waals surface area (Å²) in [6, 6.07) is 21.6. The Morgan fingerprint density at radius 3 is 2.18 bits per heavy atom. The van der Waals surface area contributed by atoms with Crippen molar-refractivity contribution in [2.24, 2.45) is 0 Å². The van der Waals surface area contributed by atoms with E-state index in [1.165, 1.54) is 23.5 Å². The molecule has 3 nitrogen and oxygen atoms in total. The highest BCUT2D eigenvalue weighted by Gasteiger charge is 2.31. The van der Waals surface area contributed by atoms with Gasteiger partial charge >= 0.3 is 6.36 Å². The van der Waals surface area contributed by atoms with Gasteiger partial charge in [-0.15, -0.1) is 24.5 Å². The van der Waals surface area contributed by atoms with Gasteiger partial charge in [-0.1, -0.05) is 54.1 Å². The van der Waals surface area contributed by atoms with Gasteiger partial charge in [-0.25, -0.2) is 0 Å². The lowest BCUT2D eigenvalue weighted by Gasteiger charge is -2.10. The Morgan fingerprint density at radius 2 is 1.58 bits per heavy atom. The zero-order valence-corrected chi connectivity index (χ0v) is 18.6. The molecule has 1 heterocycles. The second-order valence-electron chi connectivity index (χ2n) is 7.21. The van der Waals surface area contributed by atoms with Gasteiger partial charge in [0.1, 0.15) is 5.75 Å². The SMILES string of the molecule is Nc1sc(Cc2ccc(OC(F)(F)F)cc2)c(-c2ccccc2)c1C(=O)c1ccc(Cl)cc1. The van der Waals surface area contributed by atoms with Gasteiger partial charge in [0.15, 0.2) is 5.78 Å². The van der Waals surface area contributed by atoms with E-state index in [0.717, 1.165) is 16.0 Å². The Hall–Kier alpha value is -3.29. The van der Waals surface area contributed by atoms with Gasteiger partial charge in [0.2, 0.25) is 0 Å². The smallest absolute Gasteiger partial charge is 0.406 e. The van der Waals surface area contributed by atoms with Gasteiger partial charge in [0, 0.05) is 27.4 Å². The van der Waals surface area contributed by atoms with Gasteiger partial charge in [0.05, 0.1) is 10.6 Å². The quantitative estimate of drug-likeness (QED) is 0.289. The van der Waals surface area contributed by atoms with E-state index in [-0.39, 0.29) is 11.5 Å². The molecule has 0 saturated heterocycles. The van der Waals surface area contributed by atoms with Crippen molar-refractivity contribution in [2.75, 3.05) is 5.73 Å². The normalized spacial score (nSPS) is 11.4. The molecule has 4 aromatic rings. The minimum atomic E-state index is -4.75. The van der Waals surface area contributed by atoms with Gasteiger partial charge < -0.3 is 10.5 Å². The predicted molar refractivity (Wildman–Crippen MR) is 125 cm³/mol. The van der Waals surface area contributed by atoms with Gasteiger partial charge in [0.25, 0.3) is 0 Å². The fourth-order valence-corrected chi connectivity index (χ4v) is 4.75. The number of nitrogen functional groups attached to an aromatic ring is 1.